The summed E-state index contributed by atoms with van der Waals surface area (Å²) >= 11 is 0. The van der Waals surface area contributed by atoms with Gasteiger partial charge < -0.3 is 9.47 Å². The lowest BCUT2D eigenvalue weighted by Crippen LogP contribution is -2.13. The van der Waals surface area contributed by atoms with E-state index in [1.807, 2.05) is 24.3 Å². The molecule has 0 amide bonds. The summed E-state index contributed by atoms with van der Waals surface area (Å²) in [6, 6.07) is 15.9. The largest absolute Gasteiger partial charge is 0.486 e. The summed E-state index contributed by atoms with van der Waals surface area (Å²) in [5, 5.41) is 8.87. The van der Waals surface area contributed by atoms with Crippen LogP contribution < -0.4 is 9.47 Å². The lowest BCUT2D eigenvalue weighted by molar-refractivity contribution is 0.284. The van der Waals surface area contributed by atoms with E-state index in [1.54, 1.807) is 0 Å². The lowest BCUT2D eigenvalue weighted by Gasteiger charge is -2.22. The van der Waals surface area contributed by atoms with Crippen molar-refractivity contribution < 1.29 is 18.3 Å². The Morgan fingerprint density at radius 3 is 1.91 bits per heavy atom. The van der Waals surface area contributed by atoms with Gasteiger partial charge in [-0.25, -0.2) is 13.6 Å². The first kappa shape index (κ1) is 22.8. The minimum atomic E-state index is -0.599. The maximum Gasteiger partial charge on any atom is 0.190 e. The summed E-state index contributed by atoms with van der Waals surface area (Å²) in [7, 11) is 0. The molecule has 0 aliphatic rings. The minimum Gasteiger partial charge on any atom is -0.486 e. The Balaban J connectivity index is 1.81. The Labute approximate surface area is 186 Å². The van der Waals surface area contributed by atoms with Gasteiger partial charge in [-0.15, -0.1) is 0 Å². The van der Waals surface area contributed by atoms with Gasteiger partial charge in [-0.05, 0) is 58.5 Å². The molecule has 0 radical (unpaired) electrons. The maximum atomic E-state index is 14.1. The first-order chi connectivity index (χ1) is 15.2. The molecule has 0 heterocycles. The van der Waals surface area contributed by atoms with Gasteiger partial charge in [0.2, 0.25) is 0 Å². The third-order valence-electron chi connectivity index (χ3n) is 4.81. The number of hydrogen-bond donors (Lipinski definition) is 0. The smallest absolute Gasteiger partial charge is 0.190 e. The van der Waals surface area contributed by atoms with Crippen molar-refractivity contribution >= 4 is 5.69 Å². The number of halogens is 2. The fraction of sp³-hybridized carbons (Fsp3) is 0.231. The van der Waals surface area contributed by atoms with Crippen LogP contribution in [0.5, 0.6) is 11.5 Å². The third kappa shape index (κ3) is 5.62. The summed E-state index contributed by atoms with van der Waals surface area (Å²) in [6.07, 6.45) is 0. The molecule has 0 atom stereocenters. The van der Waals surface area contributed by atoms with Crippen molar-refractivity contribution in [3.8, 4) is 17.6 Å². The van der Waals surface area contributed by atoms with Crippen LogP contribution in [0.1, 0.15) is 43.0 Å². The van der Waals surface area contributed by atoms with Crippen LogP contribution in [0, 0.1) is 29.5 Å². The fourth-order valence-electron chi connectivity index (χ4n) is 3.05. The molecule has 0 saturated carbocycles. The molecule has 0 saturated heterocycles. The number of rotatable bonds is 6. The van der Waals surface area contributed by atoms with Crippen molar-refractivity contribution in [2.45, 2.75) is 39.4 Å². The highest BCUT2D eigenvalue weighted by Gasteiger charge is 2.16. The van der Waals surface area contributed by atoms with E-state index in [0.29, 0.717) is 0 Å². The molecule has 0 bridgehead atoms. The van der Waals surface area contributed by atoms with E-state index < -0.39 is 11.6 Å². The van der Waals surface area contributed by atoms with Crippen LogP contribution in [-0.2, 0) is 18.6 Å². The zero-order valence-electron chi connectivity index (χ0n) is 18.1. The topological polar surface area (TPSA) is 46.6 Å². The molecule has 0 aliphatic carbocycles. The minimum absolute atomic E-state index is 0.0601. The van der Waals surface area contributed by atoms with Gasteiger partial charge >= 0.3 is 0 Å². The Kier molecular flexibility index (Phi) is 6.76. The van der Waals surface area contributed by atoms with Gasteiger partial charge in [0.25, 0.3) is 0 Å². The summed E-state index contributed by atoms with van der Waals surface area (Å²) in [5.41, 5.74) is 2.92. The molecule has 32 heavy (non-hydrogen) atoms. The van der Waals surface area contributed by atoms with Crippen LogP contribution in [0.25, 0.3) is 4.85 Å². The highest BCUT2D eigenvalue weighted by Crippen LogP contribution is 2.28. The van der Waals surface area contributed by atoms with Gasteiger partial charge in [0.15, 0.2) is 28.8 Å². The van der Waals surface area contributed by atoms with Crippen LogP contribution in [0.2, 0.25) is 0 Å². The van der Waals surface area contributed by atoms with E-state index in [1.165, 1.54) is 24.3 Å². The summed E-state index contributed by atoms with van der Waals surface area (Å²) in [5.74, 6) is -1.07. The van der Waals surface area contributed by atoms with E-state index in [-0.39, 0.29) is 41.4 Å². The molecule has 0 aliphatic heterocycles. The molecule has 6 heteroatoms. The molecular formula is C26H22F2N2O2. The van der Waals surface area contributed by atoms with E-state index in [4.69, 9.17) is 21.3 Å². The monoisotopic (exact) mass is 432 g/mol. The number of benzene rings is 3. The summed E-state index contributed by atoms with van der Waals surface area (Å²) in [6.45, 7) is 13.4. The quantitative estimate of drug-likeness (QED) is 0.401. The van der Waals surface area contributed by atoms with Crippen molar-refractivity contribution in [3.63, 3.8) is 0 Å². The molecule has 162 valence electrons. The van der Waals surface area contributed by atoms with Crippen LogP contribution in [0.3, 0.4) is 0 Å². The summed E-state index contributed by atoms with van der Waals surface area (Å²) in [4.78, 5) is 3.20. The van der Waals surface area contributed by atoms with Crippen molar-refractivity contribution in [2.75, 3.05) is 0 Å². The fourth-order valence-corrected chi connectivity index (χ4v) is 3.05. The van der Waals surface area contributed by atoms with Gasteiger partial charge in [-0.1, -0.05) is 39.0 Å². The Hall–Kier alpha value is -3.90. The van der Waals surface area contributed by atoms with Crippen LogP contribution in [0.4, 0.5) is 14.5 Å². The Morgan fingerprint density at radius 2 is 1.44 bits per heavy atom. The molecule has 3 rings (SSSR count). The average Bonchev–Trinajstić information content (AvgIpc) is 2.76. The highest BCUT2D eigenvalue weighted by atomic mass is 19.1. The summed E-state index contributed by atoms with van der Waals surface area (Å²) < 4.78 is 39.6. The van der Waals surface area contributed by atoms with Gasteiger partial charge in [-0.3, -0.25) is 0 Å². The molecule has 3 aromatic carbocycles. The zero-order valence-corrected chi connectivity index (χ0v) is 18.1. The van der Waals surface area contributed by atoms with Crippen molar-refractivity contribution in [1.29, 1.82) is 5.26 Å². The van der Waals surface area contributed by atoms with Gasteiger partial charge in [0, 0.05) is 0 Å². The maximum absolute atomic E-state index is 14.1. The van der Waals surface area contributed by atoms with E-state index in [0.717, 1.165) is 28.8 Å². The number of hydrogen-bond acceptors (Lipinski definition) is 3. The van der Waals surface area contributed by atoms with Crippen molar-refractivity contribution in [1.82, 2.24) is 0 Å². The van der Waals surface area contributed by atoms with Crippen LogP contribution in [-0.4, -0.2) is 0 Å². The second-order valence-electron chi connectivity index (χ2n) is 8.35. The molecule has 4 nitrogen and oxygen atoms in total. The molecule has 0 N–H and O–H groups in total. The molecule has 0 fully saturated rings. The standard InChI is InChI=1S/C26H22F2N2O2/c1-26(2,3)20-10-18(15-31-24-7-5-17(14-29)12-22(24)27)9-19(11-20)16-32-25-8-6-21(30-4)13-23(25)28/h5-13H,15-16H2,1-3H3. The van der Waals surface area contributed by atoms with E-state index in [9.17, 15) is 8.78 Å². The Morgan fingerprint density at radius 1 is 0.875 bits per heavy atom. The molecular weight excluding hydrogens is 410 g/mol. The van der Waals surface area contributed by atoms with E-state index in [2.05, 4.69) is 25.6 Å². The van der Waals surface area contributed by atoms with Gasteiger partial charge in [0.1, 0.15) is 13.2 Å². The predicted molar refractivity (Wildman–Crippen MR) is 118 cm³/mol. The average molecular weight is 432 g/mol. The number of nitrogens with zero attached hydrogens (tertiary/aromatic N) is 2. The van der Waals surface area contributed by atoms with E-state index >= 15 is 0 Å². The molecule has 0 spiro atoms. The van der Waals surface area contributed by atoms with Gasteiger partial charge in [-0.2, -0.15) is 5.26 Å². The second-order valence-corrected chi connectivity index (χ2v) is 8.35. The first-order valence-electron chi connectivity index (χ1n) is 9.95. The van der Waals surface area contributed by atoms with Crippen LogP contribution >= 0.6 is 0 Å². The predicted octanol–water partition coefficient (Wildman–Crippen LogP) is 6.84. The molecule has 0 aromatic heterocycles. The SMILES string of the molecule is [C-]#[N+]c1ccc(OCc2cc(COc3ccc(C#N)cc3F)cc(C(C)(C)C)c2)c(F)c1. The third-order valence-corrected chi connectivity index (χ3v) is 4.81. The number of ether oxygens (including phenoxy) is 2. The molecule has 0 unspecified atom stereocenters. The lowest BCUT2D eigenvalue weighted by atomic mass is 9.85. The van der Waals surface area contributed by atoms with Gasteiger partial charge in [0.05, 0.1) is 18.2 Å². The van der Waals surface area contributed by atoms with Crippen molar-refractivity contribution in [2.24, 2.45) is 0 Å². The second kappa shape index (κ2) is 9.49. The Bertz CT molecular complexity index is 1130. The number of nitriles is 1. The zero-order chi connectivity index (χ0) is 23.3. The normalized spacial score (nSPS) is 10.8. The molecule has 3 aromatic rings. The van der Waals surface area contributed by atoms with Crippen molar-refractivity contribution in [3.05, 3.63) is 99.9 Å². The highest BCUT2D eigenvalue weighted by molar-refractivity contribution is 5.48. The van der Waals surface area contributed by atoms with Crippen LogP contribution in [0.15, 0.2) is 54.6 Å². The first-order valence-corrected chi connectivity index (χ1v) is 9.95.